The Labute approximate surface area is 116 Å². The largest absolute Gasteiger partial charge is 0.379 e. The maximum atomic E-state index is 5.60. The zero-order chi connectivity index (χ0) is 13.1. The number of anilines is 1. The maximum Gasteiger partial charge on any atom is 0.202 e. The topological polar surface area (TPSA) is 59.9 Å². The van der Waals surface area contributed by atoms with Crippen LogP contribution in [0.4, 0.5) is 5.13 Å². The Bertz CT molecular complexity index is 530. The van der Waals surface area contributed by atoms with Crippen LogP contribution in [0.25, 0.3) is 0 Å². The monoisotopic (exact) mass is 276 g/mol. The lowest BCUT2D eigenvalue weighted by Gasteiger charge is -2.18. The smallest absolute Gasteiger partial charge is 0.202 e. The molecule has 0 saturated carbocycles. The van der Waals surface area contributed by atoms with Gasteiger partial charge in [0.25, 0.3) is 0 Å². The third-order valence-electron chi connectivity index (χ3n) is 3.28. The highest BCUT2D eigenvalue weighted by Crippen LogP contribution is 2.23. The predicted molar refractivity (Wildman–Crippen MR) is 74.3 cm³/mol. The first-order valence-corrected chi connectivity index (χ1v) is 7.12. The number of pyridine rings is 1. The van der Waals surface area contributed by atoms with Gasteiger partial charge in [0.1, 0.15) is 5.82 Å². The van der Waals surface area contributed by atoms with Gasteiger partial charge < -0.3 is 10.1 Å². The summed E-state index contributed by atoms with van der Waals surface area (Å²) in [6, 6.07) is 4.43. The van der Waals surface area contributed by atoms with E-state index in [1.807, 2.05) is 19.3 Å². The minimum Gasteiger partial charge on any atom is -0.379 e. The fourth-order valence-electron chi connectivity index (χ4n) is 2.30. The molecule has 0 aromatic carbocycles. The van der Waals surface area contributed by atoms with Gasteiger partial charge in [-0.15, -0.1) is 0 Å². The molecule has 1 aliphatic heterocycles. The minimum atomic E-state index is 0.306. The Morgan fingerprint density at radius 1 is 1.37 bits per heavy atom. The van der Waals surface area contributed by atoms with Crippen molar-refractivity contribution in [2.45, 2.75) is 19.4 Å². The Balaban J connectivity index is 1.65. The van der Waals surface area contributed by atoms with Crippen LogP contribution in [0.2, 0.25) is 0 Å². The third-order valence-corrected chi connectivity index (χ3v) is 4.02. The molecule has 5 nitrogen and oxygen atoms in total. The fourth-order valence-corrected chi connectivity index (χ4v) is 2.93. The Morgan fingerprint density at radius 3 is 2.95 bits per heavy atom. The van der Waals surface area contributed by atoms with Gasteiger partial charge in [0, 0.05) is 29.8 Å². The summed E-state index contributed by atoms with van der Waals surface area (Å²) < 4.78 is 9.79. The van der Waals surface area contributed by atoms with Crippen molar-refractivity contribution in [1.82, 2.24) is 14.3 Å². The van der Waals surface area contributed by atoms with Crippen LogP contribution in [0.1, 0.15) is 11.4 Å². The van der Waals surface area contributed by atoms with E-state index < -0.39 is 0 Å². The molecule has 0 bridgehead atoms. The summed E-state index contributed by atoms with van der Waals surface area (Å²) >= 11 is 1.41. The van der Waals surface area contributed by atoms with Crippen LogP contribution in [0.15, 0.2) is 24.5 Å². The van der Waals surface area contributed by atoms with Crippen LogP contribution in [-0.4, -0.2) is 33.6 Å². The van der Waals surface area contributed by atoms with E-state index in [-0.39, 0.29) is 0 Å². The van der Waals surface area contributed by atoms with Gasteiger partial charge in [0.05, 0.1) is 19.3 Å². The number of ether oxygens (including phenoxy) is 1. The van der Waals surface area contributed by atoms with Crippen LogP contribution in [0.3, 0.4) is 0 Å². The van der Waals surface area contributed by atoms with Crippen molar-refractivity contribution >= 4 is 16.7 Å². The van der Waals surface area contributed by atoms with Crippen molar-refractivity contribution in [3.05, 3.63) is 35.9 Å². The molecule has 1 saturated heterocycles. The van der Waals surface area contributed by atoms with Crippen molar-refractivity contribution in [2.75, 3.05) is 18.5 Å². The molecule has 6 heteroatoms. The highest BCUT2D eigenvalue weighted by molar-refractivity contribution is 7.09. The van der Waals surface area contributed by atoms with Crippen molar-refractivity contribution in [2.24, 2.45) is 5.92 Å². The number of hydrogen-bond donors (Lipinski definition) is 1. The van der Waals surface area contributed by atoms with Crippen LogP contribution in [0.5, 0.6) is 0 Å². The molecule has 0 unspecified atom stereocenters. The van der Waals surface area contributed by atoms with Gasteiger partial charge >= 0.3 is 0 Å². The Hall–Kier alpha value is -1.53. The lowest BCUT2D eigenvalue weighted by Crippen LogP contribution is -2.29. The standard InChI is InChI=1S/C13H16N4OS/c1-9-15-13(19-17-9)16-12-8-18-7-11(12)6-10-2-4-14-5-3-10/h2-5,11-12H,6-8H2,1H3,(H,15,16,17)/t11-,12-/m1/s1. The highest BCUT2D eigenvalue weighted by Gasteiger charge is 2.29. The van der Waals surface area contributed by atoms with Gasteiger partial charge in [-0.05, 0) is 31.0 Å². The quantitative estimate of drug-likeness (QED) is 0.924. The van der Waals surface area contributed by atoms with E-state index in [0.717, 1.165) is 30.6 Å². The number of hydrogen-bond acceptors (Lipinski definition) is 6. The van der Waals surface area contributed by atoms with Crippen LogP contribution < -0.4 is 5.32 Å². The summed E-state index contributed by atoms with van der Waals surface area (Å²) in [5.41, 5.74) is 1.30. The number of nitrogens with zero attached hydrogens (tertiary/aromatic N) is 3. The van der Waals surface area contributed by atoms with Crippen LogP contribution in [-0.2, 0) is 11.2 Å². The summed E-state index contributed by atoms with van der Waals surface area (Å²) in [5, 5.41) is 4.32. The van der Waals surface area contributed by atoms with Crippen molar-refractivity contribution in [3.8, 4) is 0 Å². The molecular weight excluding hydrogens is 260 g/mol. The molecule has 0 aliphatic carbocycles. The van der Waals surface area contributed by atoms with E-state index in [9.17, 15) is 0 Å². The van der Waals surface area contributed by atoms with E-state index in [0.29, 0.717) is 12.0 Å². The molecule has 2 aromatic rings. The van der Waals surface area contributed by atoms with Crippen molar-refractivity contribution in [1.29, 1.82) is 0 Å². The minimum absolute atomic E-state index is 0.306. The number of aromatic nitrogens is 3. The molecule has 0 amide bonds. The zero-order valence-corrected chi connectivity index (χ0v) is 11.6. The second-order valence-corrected chi connectivity index (χ2v) is 5.51. The average molecular weight is 276 g/mol. The first-order valence-electron chi connectivity index (χ1n) is 6.35. The van der Waals surface area contributed by atoms with E-state index in [1.54, 1.807) is 0 Å². The highest BCUT2D eigenvalue weighted by atomic mass is 32.1. The Kier molecular flexibility index (Phi) is 3.70. The van der Waals surface area contributed by atoms with Gasteiger partial charge in [-0.2, -0.15) is 4.37 Å². The molecule has 3 rings (SSSR count). The van der Waals surface area contributed by atoms with E-state index in [2.05, 4.69) is 31.8 Å². The summed E-state index contributed by atoms with van der Waals surface area (Å²) in [6.07, 6.45) is 4.67. The van der Waals surface area contributed by atoms with Gasteiger partial charge in [0.15, 0.2) is 0 Å². The van der Waals surface area contributed by atoms with Gasteiger partial charge in [-0.3, -0.25) is 4.98 Å². The number of rotatable bonds is 4. The SMILES string of the molecule is Cc1nsc(N[C@@H]2COC[C@H]2Cc2ccncc2)n1. The fraction of sp³-hybridized carbons (Fsp3) is 0.462. The first kappa shape index (κ1) is 12.5. The average Bonchev–Trinajstić information content (AvgIpc) is 3.01. The number of nitrogens with one attached hydrogen (secondary N) is 1. The summed E-state index contributed by atoms with van der Waals surface area (Å²) in [4.78, 5) is 8.39. The van der Waals surface area contributed by atoms with Gasteiger partial charge in [-0.1, -0.05) is 0 Å². The molecule has 1 aliphatic rings. The van der Waals surface area contributed by atoms with Crippen LogP contribution >= 0.6 is 11.5 Å². The third kappa shape index (κ3) is 3.08. The molecule has 2 atom stereocenters. The lowest BCUT2D eigenvalue weighted by atomic mass is 9.95. The Morgan fingerprint density at radius 2 is 2.21 bits per heavy atom. The predicted octanol–water partition coefficient (Wildman–Crippen LogP) is 1.91. The normalized spacial score (nSPS) is 22.6. The molecule has 19 heavy (non-hydrogen) atoms. The summed E-state index contributed by atoms with van der Waals surface area (Å²) in [5.74, 6) is 1.28. The second-order valence-electron chi connectivity index (χ2n) is 4.75. The zero-order valence-electron chi connectivity index (χ0n) is 10.7. The van der Waals surface area contributed by atoms with E-state index in [4.69, 9.17) is 4.74 Å². The molecule has 0 spiro atoms. The maximum absolute atomic E-state index is 5.60. The van der Waals surface area contributed by atoms with Gasteiger partial charge in [-0.25, -0.2) is 4.98 Å². The molecular formula is C13H16N4OS. The number of aryl methyl sites for hydroxylation is 1. The molecule has 3 heterocycles. The molecule has 0 radical (unpaired) electrons. The summed E-state index contributed by atoms with van der Waals surface area (Å²) in [6.45, 7) is 3.42. The molecule has 2 aromatic heterocycles. The van der Waals surface area contributed by atoms with E-state index >= 15 is 0 Å². The first-order chi connectivity index (χ1) is 9.31. The second kappa shape index (κ2) is 5.63. The van der Waals surface area contributed by atoms with Crippen molar-refractivity contribution < 1.29 is 4.74 Å². The van der Waals surface area contributed by atoms with E-state index in [1.165, 1.54) is 17.1 Å². The lowest BCUT2D eigenvalue weighted by molar-refractivity contribution is 0.185. The van der Waals surface area contributed by atoms with Gasteiger partial charge in [0.2, 0.25) is 5.13 Å². The molecule has 1 fully saturated rings. The van der Waals surface area contributed by atoms with Crippen molar-refractivity contribution in [3.63, 3.8) is 0 Å². The van der Waals surface area contributed by atoms with Crippen LogP contribution in [0, 0.1) is 12.8 Å². The summed E-state index contributed by atoms with van der Waals surface area (Å²) in [7, 11) is 0. The molecule has 1 N–H and O–H groups in total. The molecule has 100 valence electrons.